The molecule has 182 valence electrons. The summed E-state index contributed by atoms with van der Waals surface area (Å²) >= 11 is 0. The highest BCUT2D eigenvalue weighted by Crippen LogP contribution is 2.41. The van der Waals surface area contributed by atoms with Gasteiger partial charge in [-0.05, 0) is 67.7 Å². The van der Waals surface area contributed by atoms with Crippen molar-refractivity contribution in [3.05, 3.63) is 40.2 Å². The zero-order chi connectivity index (χ0) is 24.2. The van der Waals surface area contributed by atoms with Crippen LogP contribution in [0.25, 0.3) is 10.9 Å². The largest absolute Gasteiger partial charge is 0.506 e. The van der Waals surface area contributed by atoms with Crippen LogP contribution in [0.3, 0.4) is 0 Å². The van der Waals surface area contributed by atoms with Gasteiger partial charge in [-0.15, -0.1) is 0 Å². The number of alkyl carbamates (subject to hydrolysis) is 1. The van der Waals surface area contributed by atoms with Gasteiger partial charge in [0.15, 0.2) is 8.32 Å². The number of hydrogen-bond acceptors (Lipinski definition) is 6. The number of carbonyl (C=O) groups excluding carboxylic acids is 1. The van der Waals surface area contributed by atoms with E-state index in [0.29, 0.717) is 23.4 Å². The van der Waals surface area contributed by atoms with E-state index in [1.54, 1.807) is 12.1 Å². The minimum Gasteiger partial charge on any atom is -0.506 e. The van der Waals surface area contributed by atoms with Gasteiger partial charge < -0.3 is 29.9 Å². The topological polar surface area (TPSA) is 113 Å². The third kappa shape index (κ3) is 6.36. The predicted octanol–water partition coefficient (Wildman–Crippen LogP) is 4.02. The van der Waals surface area contributed by atoms with Gasteiger partial charge in [0.2, 0.25) is 5.56 Å². The lowest BCUT2D eigenvalue weighted by Gasteiger charge is -2.39. The number of phenols is 1. The number of benzene rings is 1. The number of aromatic hydroxyl groups is 1. The second-order valence-electron chi connectivity index (χ2n) is 10.3. The summed E-state index contributed by atoms with van der Waals surface area (Å²) in [5, 5.41) is 17.1. The fourth-order valence-electron chi connectivity index (χ4n) is 3.78. The summed E-state index contributed by atoms with van der Waals surface area (Å²) in [6, 6.07) is 6.39. The van der Waals surface area contributed by atoms with Crippen LogP contribution >= 0.6 is 0 Å². The molecule has 1 fully saturated rings. The summed E-state index contributed by atoms with van der Waals surface area (Å²) in [4.78, 5) is 27.0. The summed E-state index contributed by atoms with van der Waals surface area (Å²) in [5.74, 6) is 0.439. The summed E-state index contributed by atoms with van der Waals surface area (Å²) < 4.78 is 12.3. The van der Waals surface area contributed by atoms with Crippen molar-refractivity contribution in [3.8, 4) is 5.75 Å². The first-order chi connectivity index (χ1) is 15.5. The Bertz CT molecular complexity index is 1020. The molecule has 0 aliphatic carbocycles. The first-order valence-electron chi connectivity index (χ1n) is 11.6. The van der Waals surface area contributed by atoms with Crippen LogP contribution in [0, 0.1) is 5.92 Å². The van der Waals surface area contributed by atoms with E-state index in [4.69, 9.17) is 9.16 Å². The van der Waals surface area contributed by atoms with Gasteiger partial charge in [-0.1, -0.05) is 26.8 Å². The summed E-state index contributed by atoms with van der Waals surface area (Å²) in [5.41, 5.74) is 0.805. The van der Waals surface area contributed by atoms with Gasteiger partial charge >= 0.3 is 6.09 Å². The SMILES string of the molecule is CC(C)(C)[Si](C)(C)OC(COC(=O)NCC1CCNCC1)c1ccc(O)c2[nH]c(=O)ccc12. The quantitative estimate of drug-likeness (QED) is 0.450. The monoisotopic (exact) mass is 475 g/mol. The number of aromatic nitrogens is 1. The number of amides is 1. The minimum atomic E-state index is -2.23. The highest BCUT2D eigenvalue weighted by Gasteiger charge is 2.40. The summed E-state index contributed by atoms with van der Waals surface area (Å²) in [7, 11) is -2.23. The molecule has 2 aromatic rings. The van der Waals surface area contributed by atoms with Crippen molar-refractivity contribution in [1.29, 1.82) is 0 Å². The lowest BCUT2D eigenvalue weighted by Crippen LogP contribution is -2.43. The summed E-state index contributed by atoms with van der Waals surface area (Å²) in [6.45, 7) is 13.3. The van der Waals surface area contributed by atoms with E-state index in [9.17, 15) is 14.7 Å². The molecular weight excluding hydrogens is 438 g/mol. The molecule has 9 heteroatoms. The Balaban J connectivity index is 1.81. The van der Waals surface area contributed by atoms with E-state index < -0.39 is 20.5 Å². The van der Waals surface area contributed by atoms with Gasteiger partial charge in [-0.25, -0.2) is 4.79 Å². The van der Waals surface area contributed by atoms with Crippen LogP contribution in [0.2, 0.25) is 18.1 Å². The molecule has 1 amide bonds. The Morgan fingerprint density at radius 1 is 1.21 bits per heavy atom. The van der Waals surface area contributed by atoms with E-state index in [1.807, 2.05) is 0 Å². The molecule has 0 bridgehead atoms. The van der Waals surface area contributed by atoms with Crippen molar-refractivity contribution in [2.45, 2.75) is 57.8 Å². The van der Waals surface area contributed by atoms with Crippen LogP contribution in [0.15, 0.2) is 29.1 Å². The number of H-pyrrole nitrogens is 1. The van der Waals surface area contributed by atoms with Gasteiger partial charge in [0.25, 0.3) is 0 Å². The highest BCUT2D eigenvalue weighted by atomic mass is 28.4. The molecule has 1 aromatic carbocycles. The molecular formula is C24H37N3O5Si. The molecule has 0 saturated carbocycles. The number of fused-ring (bicyclic) bond motifs is 1. The average Bonchev–Trinajstić information content (AvgIpc) is 2.76. The molecule has 1 aliphatic heterocycles. The zero-order valence-electron chi connectivity index (χ0n) is 20.3. The Labute approximate surface area is 196 Å². The third-order valence-corrected chi connectivity index (χ3v) is 11.3. The van der Waals surface area contributed by atoms with Gasteiger partial charge in [-0.3, -0.25) is 4.79 Å². The van der Waals surface area contributed by atoms with Crippen molar-refractivity contribution in [2.24, 2.45) is 5.92 Å². The van der Waals surface area contributed by atoms with E-state index in [2.05, 4.69) is 49.5 Å². The van der Waals surface area contributed by atoms with Crippen LogP contribution in [-0.4, -0.2) is 50.7 Å². The van der Waals surface area contributed by atoms with Gasteiger partial charge in [0.1, 0.15) is 18.5 Å². The zero-order valence-corrected chi connectivity index (χ0v) is 21.3. The highest BCUT2D eigenvalue weighted by molar-refractivity contribution is 6.74. The average molecular weight is 476 g/mol. The van der Waals surface area contributed by atoms with E-state index in [1.165, 1.54) is 12.1 Å². The molecule has 0 spiro atoms. The molecule has 1 aromatic heterocycles. The van der Waals surface area contributed by atoms with Crippen LogP contribution in [0.5, 0.6) is 5.75 Å². The Kier molecular flexibility index (Phi) is 7.87. The van der Waals surface area contributed by atoms with Crippen LogP contribution in [0.4, 0.5) is 4.79 Å². The fourth-order valence-corrected chi connectivity index (χ4v) is 5.04. The van der Waals surface area contributed by atoms with Crippen LogP contribution in [-0.2, 0) is 9.16 Å². The van der Waals surface area contributed by atoms with Gasteiger partial charge in [0, 0.05) is 18.0 Å². The van der Waals surface area contributed by atoms with E-state index in [0.717, 1.165) is 31.5 Å². The van der Waals surface area contributed by atoms with E-state index in [-0.39, 0.29) is 23.0 Å². The number of hydrogen-bond donors (Lipinski definition) is 4. The third-order valence-electron chi connectivity index (χ3n) is 6.86. The van der Waals surface area contributed by atoms with Crippen molar-refractivity contribution in [2.75, 3.05) is 26.2 Å². The van der Waals surface area contributed by atoms with Crippen molar-refractivity contribution in [3.63, 3.8) is 0 Å². The lowest BCUT2D eigenvalue weighted by atomic mass is 9.98. The maximum Gasteiger partial charge on any atom is 0.407 e. The number of ether oxygens (including phenoxy) is 1. The molecule has 3 rings (SSSR count). The molecule has 1 unspecified atom stereocenters. The smallest absolute Gasteiger partial charge is 0.407 e. The van der Waals surface area contributed by atoms with Crippen molar-refractivity contribution >= 4 is 25.3 Å². The fraction of sp³-hybridized carbons (Fsp3) is 0.583. The van der Waals surface area contributed by atoms with Crippen molar-refractivity contribution in [1.82, 2.24) is 15.6 Å². The molecule has 1 aliphatic rings. The number of aromatic amines is 1. The van der Waals surface area contributed by atoms with Gasteiger partial charge in [0.05, 0.1) is 5.52 Å². The molecule has 4 N–H and O–H groups in total. The number of carbonyl (C=O) groups is 1. The molecule has 33 heavy (non-hydrogen) atoms. The van der Waals surface area contributed by atoms with Gasteiger partial charge in [-0.2, -0.15) is 0 Å². The molecule has 0 radical (unpaired) electrons. The first kappa shape index (κ1) is 25.3. The molecule has 1 atom stereocenters. The van der Waals surface area contributed by atoms with Crippen LogP contribution in [0.1, 0.15) is 45.3 Å². The molecule has 2 heterocycles. The number of rotatable bonds is 7. The maximum absolute atomic E-state index is 12.5. The summed E-state index contributed by atoms with van der Waals surface area (Å²) in [6.07, 6.45) is 1.07. The second-order valence-corrected chi connectivity index (χ2v) is 15.1. The number of phenolic OH excluding ortho intramolecular Hbond substituents is 1. The van der Waals surface area contributed by atoms with Crippen LogP contribution < -0.4 is 16.2 Å². The number of pyridine rings is 1. The number of nitrogens with one attached hydrogen (secondary N) is 3. The second kappa shape index (κ2) is 10.3. The number of piperidine rings is 1. The lowest BCUT2D eigenvalue weighted by molar-refractivity contribution is 0.0738. The first-order valence-corrected chi connectivity index (χ1v) is 14.5. The predicted molar refractivity (Wildman–Crippen MR) is 132 cm³/mol. The van der Waals surface area contributed by atoms with Crippen molar-refractivity contribution < 1.29 is 19.1 Å². The Hall–Kier alpha value is -2.36. The minimum absolute atomic E-state index is 0.0156. The standard InChI is InChI=1S/C24H37N3O5Si/c1-24(2,3)33(4,5)32-20(15-31-23(30)26-14-16-10-12-25-13-11-16)17-6-8-19(28)22-18(17)7-9-21(29)27-22/h6-9,16,20,25,28H,10-15H2,1-5H3,(H,26,30)(H,27,29). The molecule has 8 nitrogen and oxygen atoms in total. The Morgan fingerprint density at radius 3 is 2.58 bits per heavy atom. The maximum atomic E-state index is 12.5. The molecule has 1 saturated heterocycles. The van der Waals surface area contributed by atoms with E-state index >= 15 is 0 Å². The normalized spacial score (nSPS) is 16.5. The Morgan fingerprint density at radius 2 is 1.91 bits per heavy atom.